The van der Waals surface area contributed by atoms with E-state index in [4.69, 9.17) is 5.73 Å². The highest BCUT2D eigenvalue weighted by atomic mass is 32.2. The van der Waals surface area contributed by atoms with Crippen molar-refractivity contribution in [1.29, 1.82) is 0 Å². The fraction of sp³-hybridized carbons (Fsp3) is 0.286. The smallest absolute Gasteiger partial charge is 0.134 e. The third-order valence-electron chi connectivity index (χ3n) is 5.26. The first-order chi connectivity index (χ1) is 13.1. The van der Waals surface area contributed by atoms with Crippen molar-refractivity contribution in [3.05, 3.63) is 72.8 Å². The van der Waals surface area contributed by atoms with Crippen molar-refractivity contribution in [2.24, 2.45) is 5.73 Å². The van der Waals surface area contributed by atoms with Gasteiger partial charge in [0.05, 0.1) is 18.1 Å². The zero-order chi connectivity index (χ0) is 19.0. The van der Waals surface area contributed by atoms with E-state index in [-0.39, 0.29) is 11.5 Å². The summed E-state index contributed by atoms with van der Waals surface area (Å²) in [7, 11) is 4.22. The summed E-state index contributed by atoms with van der Waals surface area (Å²) in [4.78, 5) is 9.91. The van der Waals surface area contributed by atoms with Crippen LogP contribution in [0.15, 0.2) is 72.1 Å². The number of nitrogens with zero attached hydrogens (tertiary/aromatic N) is 4. The van der Waals surface area contributed by atoms with Crippen LogP contribution >= 0.6 is 11.8 Å². The predicted octanol–water partition coefficient (Wildman–Crippen LogP) is 3.91. The van der Waals surface area contributed by atoms with Gasteiger partial charge in [-0.1, -0.05) is 36.0 Å². The Morgan fingerprint density at radius 1 is 1.11 bits per heavy atom. The van der Waals surface area contributed by atoms with Crippen molar-refractivity contribution >= 4 is 23.1 Å². The number of rotatable bonds is 5. The normalized spacial score (nSPS) is 18.6. The van der Waals surface area contributed by atoms with Crippen LogP contribution in [0.3, 0.4) is 0 Å². The van der Waals surface area contributed by atoms with Gasteiger partial charge in [-0.2, -0.15) is 0 Å². The number of nitrogens with two attached hydrogens (primary N) is 1. The molecule has 0 fully saturated rings. The Morgan fingerprint density at radius 2 is 1.85 bits per heavy atom. The quantitative estimate of drug-likeness (QED) is 0.728. The number of benzene rings is 2. The number of anilines is 2. The van der Waals surface area contributed by atoms with Gasteiger partial charge in [0.25, 0.3) is 0 Å². The molecule has 140 valence electrons. The second kappa shape index (κ2) is 7.38. The van der Waals surface area contributed by atoms with Crippen LogP contribution in [0.1, 0.15) is 18.5 Å². The molecule has 0 amide bonds. The standard InChI is InChI=1S/C21H25N5S/c1-15(24(2)3)20(25-13-12-23-14-25)16-8-10-17(11-9-16)26-18-6-4-5-7-19(18)27-21(26)22/h4-15,20-21H,22H2,1-3H3. The highest BCUT2D eigenvalue weighted by Gasteiger charge is 2.29. The van der Waals surface area contributed by atoms with Gasteiger partial charge in [-0.15, -0.1) is 0 Å². The first-order valence-corrected chi connectivity index (χ1v) is 9.98. The van der Waals surface area contributed by atoms with E-state index >= 15 is 0 Å². The molecule has 27 heavy (non-hydrogen) atoms. The molecule has 5 nitrogen and oxygen atoms in total. The zero-order valence-electron chi connectivity index (χ0n) is 15.9. The number of thioether (sulfide) groups is 1. The fourth-order valence-corrected chi connectivity index (χ4v) is 4.66. The molecule has 0 saturated carbocycles. The molecule has 0 aliphatic carbocycles. The van der Waals surface area contributed by atoms with Crippen LogP contribution in [0.5, 0.6) is 0 Å². The number of para-hydroxylation sites is 1. The molecule has 1 aliphatic heterocycles. The van der Waals surface area contributed by atoms with E-state index in [1.54, 1.807) is 11.8 Å². The van der Waals surface area contributed by atoms with Crippen LogP contribution < -0.4 is 10.6 Å². The maximum absolute atomic E-state index is 6.39. The number of aromatic nitrogens is 2. The summed E-state index contributed by atoms with van der Waals surface area (Å²) < 4.78 is 2.17. The molecule has 0 radical (unpaired) electrons. The lowest BCUT2D eigenvalue weighted by molar-refractivity contribution is 0.252. The molecule has 3 unspecified atom stereocenters. The molecule has 3 atom stereocenters. The first-order valence-electron chi connectivity index (χ1n) is 9.10. The van der Waals surface area contributed by atoms with Gasteiger partial charge in [0.2, 0.25) is 0 Å². The minimum Gasteiger partial charge on any atom is -0.328 e. The molecule has 0 spiro atoms. The summed E-state index contributed by atoms with van der Waals surface area (Å²) in [6, 6.07) is 17.7. The molecule has 2 aromatic carbocycles. The van der Waals surface area contributed by atoms with Crippen molar-refractivity contribution in [2.75, 3.05) is 19.0 Å². The maximum Gasteiger partial charge on any atom is 0.134 e. The fourth-order valence-electron chi connectivity index (χ4n) is 3.61. The number of imidazole rings is 1. The van der Waals surface area contributed by atoms with Gasteiger partial charge in [-0.25, -0.2) is 4.98 Å². The number of likely N-dealkylation sites (N-methyl/N-ethyl adjacent to an activating group) is 1. The number of hydrogen-bond acceptors (Lipinski definition) is 5. The maximum atomic E-state index is 6.39. The highest BCUT2D eigenvalue weighted by molar-refractivity contribution is 8.00. The Labute approximate surface area is 164 Å². The van der Waals surface area contributed by atoms with Crippen molar-refractivity contribution < 1.29 is 0 Å². The highest BCUT2D eigenvalue weighted by Crippen LogP contribution is 2.45. The van der Waals surface area contributed by atoms with Gasteiger partial charge in [0.15, 0.2) is 0 Å². The Morgan fingerprint density at radius 3 is 2.52 bits per heavy atom. The lowest BCUT2D eigenvalue weighted by atomic mass is 9.99. The molecule has 0 bridgehead atoms. The SMILES string of the molecule is CC(C(c1ccc(N2c3ccccc3SC2N)cc1)n1ccnc1)N(C)C. The van der Waals surface area contributed by atoms with E-state index in [0.717, 1.165) is 5.69 Å². The van der Waals surface area contributed by atoms with Gasteiger partial charge in [0, 0.05) is 29.0 Å². The summed E-state index contributed by atoms with van der Waals surface area (Å²) in [5.41, 5.74) is 9.84. The van der Waals surface area contributed by atoms with Gasteiger partial charge in [-0.3, -0.25) is 0 Å². The average Bonchev–Trinajstić information content (AvgIpc) is 3.29. The van der Waals surface area contributed by atoms with Crippen molar-refractivity contribution in [3.63, 3.8) is 0 Å². The van der Waals surface area contributed by atoms with Crippen molar-refractivity contribution in [2.45, 2.75) is 29.4 Å². The molecule has 2 N–H and O–H groups in total. The van der Waals surface area contributed by atoms with E-state index in [1.165, 1.54) is 16.1 Å². The molecule has 1 aliphatic rings. The first kappa shape index (κ1) is 18.1. The van der Waals surface area contributed by atoms with Crippen LogP contribution in [0, 0.1) is 0 Å². The second-order valence-electron chi connectivity index (χ2n) is 7.10. The van der Waals surface area contributed by atoms with Crippen LogP contribution in [-0.2, 0) is 0 Å². The van der Waals surface area contributed by atoms with Crippen LogP contribution in [0.2, 0.25) is 0 Å². The van der Waals surface area contributed by atoms with E-state index < -0.39 is 0 Å². The lowest BCUT2D eigenvalue weighted by Crippen LogP contribution is -2.34. The van der Waals surface area contributed by atoms with E-state index in [2.05, 4.69) is 88.9 Å². The Balaban J connectivity index is 1.67. The number of fused-ring (bicyclic) bond motifs is 1. The van der Waals surface area contributed by atoms with E-state index in [1.807, 2.05) is 18.7 Å². The predicted molar refractivity (Wildman–Crippen MR) is 112 cm³/mol. The molecule has 3 aromatic rings. The van der Waals surface area contributed by atoms with Crippen LogP contribution in [0.4, 0.5) is 11.4 Å². The minimum atomic E-state index is -0.0987. The van der Waals surface area contributed by atoms with Gasteiger partial charge >= 0.3 is 0 Å². The van der Waals surface area contributed by atoms with Crippen LogP contribution in [0.25, 0.3) is 0 Å². The lowest BCUT2D eigenvalue weighted by Gasteiger charge is -2.31. The summed E-state index contributed by atoms with van der Waals surface area (Å²) in [5.74, 6) is 0. The molecular formula is C21H25N5S. The molecule has 2 heterocycles. The topological polar surface area (TPSA) is 50.3 Å². The summed E-state index contributed by atoms with van der Waals surface area (Å²) in [5, 5.41) is 0. The van der Waals surface area contributed by atoms with Crippen molar-refractivity contribution in [1.82, 2.24) is 14.5 Å². The summed E-state index contributed by atoms with van der Waals surface area (Å²) in [6.45, 7) is 2.24. The van der Waals surface area contributed by atoms with Gasteiger partial charge in [0.1, 0.15) is 5.50 Å². The monoisotopic (exact) mass is 379 g/mol. The molecule has 0 saturated heterocycles. The summed E-state index contributed by atoms with van der Waals surface area (Å²) >= 11 is 1.70. The van der Waals surface area contributed by atoms with Crippen LogP contribution in [-0.4, -0.2) is 40.1 Å². The van der Waals surface area contributed by atoms with Gasteiger partial charge in [-0.05, 0) is 50.8 Å². The molecular weight excluding hydrogens is 354 g/mol. The average molecular weight is 380 g/mol. The van der Waals surface area contributed by atoms with Gasteiger partial charge < -0.3 is 20.1 Å². The molecule has 4 rings (SSSR count). The van der Waals surface area contributed by atoms with E-state index in [9.17, 15) is 0 Å². The zero-order valence-corrected chi connectivity index (χ0v) is 16.7. The Kier molecular flexibility index (Phi) is 4.95. The number of hydrogen-bond donors (Lipinski definition) is 1. The van der Waals surface area contributed by atoms with Crippen molar-refractivity contribution in [3.8, 4) is 0 Å². The largest absolute Gasteiger partial charge is 0.328 e. The molecule has 1 aromatic heterocycles. The third kappa shape index (κ3) is 3.36. The van der Waals surface area contributed by atoms with E-state index in [0.29, 0.717) is 6.04 Å². The second-order valence-corrected chi connectivity index (χ2v) is 8.26. The summed E-state index contributed by atoms with van der Waals surface area (Å²) in [6.07, 6.45) is 5.75. The Hall–Kier alpha value is -2.28. The molecule has 6 heteroatoms. The Bertz CT molecular complexity index is 891. The third-order valence-corrected chi connectivity index (χ3v) is 6.31. The minimum absolute atomic E-state index is 0.0987.